The predicted molar refractivity (Wildman–Crippen MR) is 173 cm³/mol. The smallest absolute Gasteiger partial charge is 0.0622 e. The molecule has 0 aliphatic rings. The van der Waals surface area contributed by atoms with E-state index in [2.05, 4.69) is 0 Å². The minimum absolute atomic E-state index is 0.294. The summed E-state index contributed by atoms with van der Waals surface area (Å²) < 4.78 is 213. The topological polar surface area (TPSA) is 0 Å². The van der Waals surface area contributed by atoms with E-state index in [0.29, 0.717) is 0 Å². The summed E-state index contributed by atoms with van der Waals surface area (Å²) in [6.07, 6.45) is 0. The summed E-state index contributed by atoms with van der Waals surface area (Å²) in [6.45, 7) is 0. The summed E-state index contributed by atoms with van der Waals surface area (Å²) in [5.74, 6) is 0. The van der Waals surface area contributed by atoms with Gasteiger partial charge in [-0.05, 0) is 76.5 Å². The Bertz CT molecular complexity index is 3500. The summed E-state index contributed by atoms with van der Waals surface area (Å²) in [5, 5.41) is -4.01. The lowest BCUT2D eigenvalue weighted by molar-refractivity contribution is 1.64. The van der Waals surface area contributed by atoms with E-state index in [-0.39, 0.29) is 5.39 Å². The molecule has 8 aromatic carbocycles. The third-order valence-electron chi connectivity index (χ3n) is 6.59. The Morgan fingerprint density at radius 2 is 0.775 bits per heavy atom. The van der Waals surface area contributed by atoms with E-state index in [9.17, 15) is 9.60 Å². The Labute approximate surface area is 267 Å². The highest BCUT2D eigenvalue weighted by atomic mass is 14.2. The van der Waals surface area contributed by atoms with Gasteiger partial charge < -0.3 is 0 Å². The van der Waals surface area contributed by atoms with Crippen LogP contribution in [0.5, 0.6) is 0 Å². The molecule has 0 heterocycles. The van der Waals surface area contributed by atoms with Gasteiger partial charge in [-0.2, -0.15) is 0 Å². The monoisotopic (exact) mass is 530 g/mol. The van der Waals surface area contributed by atoms with Crippen LogP contribution >= 0.6 is 0 Å². The average Bonchev–Trinajstić information content (AvgIpc) is 3.26. The maximum atomic E-state index is 9.63. The highest BCUT2D eigenvalue weighted by Gasteiger charge is 2.19. The highest BCUT2D eigenvalue weighted by Crippen LogP contribution is 2.47. The molecule has 0 aliphatic carbocycles. The van der Waals surface area contributed by atoms with Crippen molar-refractivity contribution in [2.45, 2.75) is 0 Å². The van der Waals surface area contributed by atoms with Gasteiger partial charge in [0.05, 0.1) is 32.9 Å². The van der Waals surface area contributed by atoms with Crippen LogP contribution in [-0.2, 0) is 0 Å². The molecule has 0 heteroatoms. The number of fused-ring (bicyclic) bond motifs is 4. The third-order valence-corrected chi connectivity index (χ3v) is 6.59. The lowest BCUT2D eigenvalue weighted by Gasteiger charge is -2.20. The molecule has 0 unspecified atom stereocenters. The molecule has 0 amide bonds. The fourth-order valence-electron chi connectivity index (χ4n) is 4.95. The van der Waals surface area contributed by atoms with Crippen LogP contribution in [-0.4, -0.2) is 0 Å². The third kappa shape index (κ3) is 3.47. The molecule has 0 radical (unpaired) electrons. The fraction of sp³-hybridized carbons (Fsp3) is 0. The van der Waals surface area contributed by atoms with Crippen molar-refractivity contribution in [1.29, 1.82) is 0 Å². The molecular formula is C40H26. The second-order valence-electron chi connectivity index (χ2n) is 8.65. The zero-order chi connectivity index (χ0) is 47.4. The molecule has 0 saturated heterocycles. The van der Waals surface area contributed by atoms with E-state index in [1.165, 1.54) is 0 Å². The van der Waals surface area contributed by atoms with Crippen molar-refractivity contribution in [2.24, 2.45) is 0 Å². The first kappa shape index (κ1) is 9.18. The van der Waals surface area contributed by atoms with E-state index in [1.807, 2.05) is 0 Å². The molecule has 0 fully saturated rings. The van der Waals surface area contributed by atoms with Crippen LogP contribution in [0, 0.1) is 0 Å². The van der Waals surface area contributed by atoms with Crippen molar-refractivity contribution in [2.75, 3.05) is 0 Å². The van der Waals surface area contributed by atoms with Crippen molar-refractivity contribution >= 4 is 43.1 Å². The van der Waals surface area contributed by atoms with Gasteiger partial charge in [0.1, 0.15) is 0 Å². The Balaban J connectivity index is 1.78. The number of hydrogen-bond acceptors (Lipinski definition) is 0. The van der Waals surface area contributed by atoms with Crippen molar-refractivity contribution in [3.63, 3.8) is 0 Å². The van der Waals surface area contributed by atoms with Gasteiger partial charge in [0.2, 0.25) is 0 Å². The molecule has 186 valence electrons. The molecule has 0 bridgehead atoms. The molecule has 0 atom stereocenters. The summed E-state index contributed by atoms with van der Waals surface area (Å²) in [7, 11) is 0. The number of hydrogen-bond donors (Lipinski definition) is 0. The molecule has 0 spiro atoms. The molecule has 8 rings (SSSR count). The summed E-state index contributed by atoms with van der Waals surface area (Å²) in [4.78, 5) is 0. The van der Waals surface area contributed by atoms with Gasteiger partial charge in [0.25, 0.3) is 0 Å². The normalized spacial score (nSPS) is 19.9. The number of benzene rings is 8. The van der Waals surface area contributed by atoms with Crippen molar-refractivity contribution in [1.82, 2.24) is 0 Å². The van der Waals surface area contributed by atoms with Crippen LogP contribution < -0.4 is 0 Å². The minimum atomic E-state index is -0.965. The molecule has 0 N–H and O–H groups in total. The van der Waals surface area contributed by atoms with Crippen molar-refractivity contribution in [3.8, 4) is 33.4 Å². The summed E-state index contributed by atoms with van der Waals surface area (Å²) >= 11 is 0. The molecular weight excluding hydrogens is 480 g/mol. The second kappa shape index (κ2) is 9.22. The Hall–Kier alpha value is -5.20. The molecule has 0 aliphatic heterocycles. The van der Waals surface area contributed by atoms with Crippen LogP contribution in [0.2, 0.25) is 0 Å². The second-order valence-corrected chi connectivity index (χ2v) is 8.65. The highest BCUT2D eigenvalue weighted by molar-refractivity contribution is 6.25. The van der Waals surface area contributed by atoms with Crippen LogP contribution in [0.15, 0.2) is 157 Å². The first-order valence-electron chi connectivity index (χ1n) is 23.9. The molecule has 40 heavy (non-hydrogen) atoms. The maximum Gasteiger partial charge on any atom is 0.0630 e. The zero-order valence-corrected chi connectivity index (χ0v) is 20.2. The van der Waals surface area contributed by atoms with Crippen LogP contribution in [0.4, 0.5) is 0 Å². The standard InChI is InChI=1S/C40H26/c1-2-13-27(14-3-1)30-25-26-38(32-19-7-6-18-31(30)32)40-36-22-10-8-20-34(36)39(35-21-9-11-23-37(35)40)33-24-12-16-28-15-4-5-17-29(28)33/h1-26H/i1D,2D,3D,4D,5D,6D,7D,8D,9D,10D,11D,12D,13D,14D,15D,16D,18D,19D,20D,21D,22D,24D,25D,26D. The Kier molecular flexibility index (Phi) is 2.12. The van der Waals surface area contributed by atoms with Crippen molar-refractivity contribution in [3.05, 3.63) is 157 Å². The average molecular weight is 531 g/mol. The van der Waals surface area contributed by atoms with Gasteiger partial charge >= 0.3 is 0 Å². The van der Waals surface area contributed by atoms with E-state index < -0.39 is 216 Å². The lowest BCUT2D eigenvalue weighted by atomic mass is 9.83. The van der Waals surface area contributed by atoms with Gasteiger partial charge in [0.15, 0.2) is 0 Å². The molecule has 8 aromatic rings. The summed E-state index contributed by atoms with van der Waals surface area (Å²) in [6, 6.07) is -18.0. The van der Waals surface area contributed by atoms with Gasteiger partial charge in [-0.3, -0.25) is 0 Å². The minimum Gasteiger partial charge on any atom is -0.0622 e. The van der Waals surface area contributed by atoms with Crippen LogP contribution in [0.3, 0.4) is 0 Å². The van der Waals surface area contributed by atoms with Gasteiger partial charge in [0, 0.05) is 0 Å². The molecule has 0 nitrogen and oxygen atoms in total. The molecule has 0 saturated carbocycles. The predicted octanol–water partition coefficient (Wildman–Crippen LogP) is 11.3. The van der Waals surface area contributed by atoms with E-state index in [0.717, 1.165) is 12.1 Å². The first-order valence-corrected chi connectivity index (χ1v) is 11.9. The fourth-order valence-corrected chi connectivity index (χ4v) is 4.95. The Morgan fingerprint density at radius 3 is 1.52 bits per heavy atom. The van der Waals surface area contributed by atoms with Crippen molar-refractivity contribution < 1.29 is 32.9 Å². The quantitative estimate of drug-likeness (QED) is 0.199. The van der Waals surface area contributed by atoms with Gasteiger partial charge in [-0.1, -0.05) is 157 Å². The van der Waals surface area contributed by atoms with Crippen LogP contribution in [0.1, 0.15) is 32.9 Å². The summed E-state index contributed by atoms with van der Waals surface area (Å²) in [5.41, 5.74) is -3.49. The van der Waals surface area contributed by atoms with Crippen LogP contribution in [0.25, 0.3) is 76.5 Å². The van der Waals surface area contributed by atoms with E-state index >= 15 is 0 Å². The number of rotatable bonds is 3. The zero-order valence-electron chi connectivity index (χ0n) is 44.2. The van der Waals surface area contributed by atoms with Gasteiger partial charge in [-0.15, -0.1) is 0 Å². The van der Waals surface area contributed by atoms with E-state index in [1.54, 1.807) is 0 Å². The van der Waals surface area contributed by atoms with Gasteiger partial charge in [-0.25, -0.2) is 0 Å². The SMILES string of the molecule is [2H]c1cc2c(-c3c4c([2H])c([2H])c([2H])cc4c(-c4c([2H])c([2H])c(-c5c([2H])c([2H])c([2H])c([2H])c5[2H])c5c([2H])c([2H])c([2H])c([2H])c45)c4c([2H])c([2H])c([2H])c([2H])c34)c([2H])c([2H])c([2H])c2c([2H])c1[2H]. The largest absolute Gasteiger partial charge is 0.0630 e. The lowest BCUT2D eigenvalue weighted by Crippen LogP contribution is -1.93. The Morgan fingerprint density at radius 1 is 0.300 bits per heavy atom. The first-order chi connectivity index (χ1) is 29.8. The van der Waals surface area contributed by atoms with E-state index in [4.69, 9.17) is 23.3 Å². The molecule has 0 aromatic heterocycles. The maximum absolute atomic E-state index is 9.63.